The van der Waals surface area contributed by atoms with Gasteiger partial charge >= 0.3 is 0 Å². The zero-order valence-electron chi connectivity index (χ0n) is 22.4. The second-order valence-corrected chi connectivity index (χ2v) is 10.8. The van der Waals surface area contributed by atoms with Crippen LogP contribution in [0.15, 0.2) is 93.7 Å². The highest BCUT2D eigenvalue weighted by atomic mass is 32.2. The number of methoxy groups -OCH3 is 1. The number of anilines is 2. The van der Waals surface area contributed by atoms with E-state index in [9.17, 15) is 18.3 Å². The Morgan fingerprint density at radius 1 is 0.927 bits per heavy atom. The Morgan fingerprint density at radius 3 is 2.34 bits per heavy atom. The topological polar surface area (TPSA) is 148 Å². The van der Waals surface area contributed by atoms with Crippen molar-refractivity contribution in [3.63, 3.8) is 0 Å². The lowest BCUT2D eigenvalue weighted by atomic mass is 10.1. The predicted molar refractivity (Wildman–Crippen MR) is 158 cm³/mol. The highest BCUT2D eigenvalue weighted by Crippen LogP contribution is 2.29. The highest BCUT2D eigenvalue weighted by molar-refractivity contribution is 7.92. The maximum atomic E-state index is 13.5. The number of hydrogen-bond acceptors (Lipinski definition) is 9. The summed E-state index contributed by atoms with van der Waals surface area (Å²) in [7, 11) is -2.65. The summed E-state index contributed by atoms with van der Waals surface area (Å²) in [6.45, 7) is 3.66. The number of aromatic nitrogens is 3. The second kappa shape index (κ2) is 11.1. The van der Waals surface area contributed by atoms with Crippen LogP contribution in [0.4, 0.5) is 11.6 Å². The van der Waals surface area contributed by atoms with Crippen molar-refractivity contribution in [1.29, 1.82) is 0 Å². The van der Waals surface area contributed by atoms with Crippen LogP contribution in [0.25, 0.3) is 16.5 Å². The summed E-state index contributed by atoms with van der Waals surface area (Å²) in [5, 5.41) is 16.3. The molecule has 0 fully saturated rings. The summed E-state index contributed by atoms with van der Waals surface area (Å²) < 4.78 is 35.3. The van der Waals surface area contributed by atoms with Crippen LogP contribution >= 0.6 is 0 Å². The molecule has 208 valence electrons. The Hall–Kier alpha value is -5.23. The van der Waals surface area contributed by atoms with Gasteiger partial charge in [-0.15, -0.1) is 0 Å². The van der Waals surface area contributed by atoms with E-state index in [0.29, 0.717) is 16.5 Å². The lowest BCUT2D eigenvalue weighted by molar-refractivity contribution is 0.417. The molecule has 0 aliphatic heterocycles. The molecular weight excluding hydrogens is 544 g/mol. The summed E-state index contributed by atoms with van der Waals surface area (Å²) in [6.07, 6.45) is 1.36. The molecule has 0 aliphatic carbocycles. The van der Waals surface area contributed by atoms with Gasteiger partial charge in [0, 0.05) is 22.2 Å². The Morgan fingerprint density at radius 2 is 1.61 bits per heavy atom. The first kappa shape index (κ1) is 27.3. The third kappa shape index (κ3) is 5.58. The van der Waals surface area contributed by atoms with Crippen LogP contribution in [0.1, 0.15) is 17.0 Å². The average Bonchev–Trinajstić information content (AvgIpc) is 2.95. The minimum atomic E-state index is -4.08. The van der Waals surface area contributed by atoms with Crippen molar-refractivity contribution in [2.45, 2.75) is 18.7 Å². The van der Waals surface area contributed by atoms with Crippen molar-refractivity contribution >= 4 is 38.6 Å². The quantitative estimate of drug-likeness (QED) is 0.184. The van der Waals surface area contributed by atoms with Crippen molar-refractivity contribution in [1.82, 2.24) is 14.5 Å². The number of benzene rings is 3. The minimum absolute atomic E-state index is 0.121. The molecule has 41 heavy (non-hydrogen) atoms. The van der Waals surface area contributed by atoms with Crippen LogP contribution in [-0.2, 0) is 10.0 Å². The Bertz CT molecular complexity index is 1950. The molecule has 2 aromatic heterocycles. The number of aromatic hydroxyl groups is 1. The van der Waals surface area contributed by atoms with Gasteiger partial charge < -0.3 is 9.84 Å². The molecule has 0 unspecified atom stereocenters. The van der Waals surface area contributed by atoms with Crippen LogP contribution in [0, 0.1) is 13.8 Å². The Kier molecular flexibility index (Phi) is 7.40. The summed E-state index contributed by atoms with van der Waals surface area (Å²) in [4.78, 5) is 22.0. The van der Waals surface area contributed by atoms with Gasteiger partial charge in [-0.05, 0) is 56.3 Å². The maximum Gasteiger partial charge on any atom is 0.265 e. The Labute approximate surface area is 235 Å². The normalized spacial score (nSPS) is 11.6. The lowest BCUT2D eigenvalue weighted by Crippen LogP contribution is -2.21. The molecule has 0 saturated carbocycles. The van der Waals surface area contributed by atoms with Crippen molar-refractivity contribution in [2.75, 3.05) is 17.3 Å². The maximum absolute atomic E-state index is 13.5. The molecule has 2 heterocycles. The van der Waals surface area contributed by atoms with E-state index >= 15 is 0 Å². The summed E-state index contributed by atoms with van der Waals surface area (Å²) in [5.74, 6) is 0.198. The first-order valence-corrected chi connectivity index (χ1v) is 13.9. The molecule has 11 nitrogen and oxygen atoms in total. The smallest absolute Gasteiger partial charge is 0.265 e. The fourth-order valence-corrected chi connectivity index (χ4v) is 5.49. The van der Waals surface area contributed by atoms with E-state index < -0.39 is 21.5 Å². The molecule has 0 amide bonds. The SMILES string of the molecule is COc1ccccc1NS(=O)(=O)c1cccc(-n2c(O)c(/C=N\Nc3nc(C)cc(C)n3)c3ccccc3c2=O)c1. The van der Waals surface area contributed by atoms with E-state index in [1.54, 1.807) is 48.5 Å². The number of sulfonamides is 1. The van der Waals surface area contributed by atoms with E-state index in [-0.39, 0.29) is 27.8 Å². The van der Waals surface area contributed by atoms with E-state index in [1.165, 1.54) is 37.6 Å². The number of pyridine rings is 1. The molecule has 5 rings (SSSR count). The summed E-state index contributed by atoms with van der Waals surface area (Å²) in [5.41, 5.74) is 4.36. The van der Waals surface area contributed by atoms with Gasteiger partial charge in [0.1, 0.15) is 5.75 Å². The van der Waals surface area contributed by atoms with E-state index in [1.807, 2.05) is 19.9 Å². The molecule has 0 saturated heterocycles. The third-order valence-corrected chi connectivity index (χ3v) is 7.54. The van der Waals surface area contributed by atoms with Crippen molar-refractivity contribution in [2.24, 2.45) is 5.10 Å². The first-order valence-electron chi connectivity index (χ1n) is 12.4. The summed E-state index contributed by atoms with van der Waals surface area (Å²) >= 11 is 0. The van der Waals surface area contributed by atoms with Gasteiger partial charge in [-0.25, -0.2) is 28.4 Å². The molecule has 3 N–H and O–H groups in total. The van der Waals surface area contributed by atoms with Gasteiger partial charge in [0.05, 0.1) is 35.2 Å². The van der Waals surface area contributed by atoms with Gasteiger partial charge in [-0.1, -0.05) is 36.4 Å². The number of nitrogens with zero attached hydrogens (tertiary/aromatic N) is 4. The number of fused-ring (bicyclic) bond motifs is 1. The number of nitrogens with one attached hydrogen (secondary N) is 2. The van der Waals surface area contributed by atoms with Crippen LogP contribution < -0.4 is 20.4 Å². The fourth-order valence-electron chi connectivity index (χ4n) is 4.38. The van der Waals surface area contributed by atoms with Gasteiger partial charge in [0.15, 0.2) is 0 Å². The third-order valence-electron chi connectivity index (χ3n) is 6.18. The van der Waals surface area contributed by atoms with Crippen LogP contribution in [-0.4, -0.2) is 41.4 Å². The standard InChI is InChI=1S/C29H26N6O5S/c1-18-15-19(2)32-29(31-18)33-30-17-24-22-11-4-5-12-23(22)27(36)35(28(24)37)20-9-8-10-21(16-20)41(38,39)34-25-13-6-7-14-26(25)40-3/h4-17,34,37H,1-3H3,(H,31,32,33)/b30-17-. The van der Waals surface area contributed by atoms with E-state index in [2.05, 4.69) is 25.2 Å². The fraction of sp³-hybridized carbons (Fsp3) is 0.103. The highest BCUT2D eigenvalue weighted by Gasteiger charge is 2.20. The molecule has 12 heteroatoms. The number of rotatable bonds is 8. The minimum Gasteiger partial charge on any atom is -0.495 e. The van der Waals surface area contributed by atoms with Gasteiger partial charge in [0.25, 0.3) is 15.6 Å². The lowest BCUT2D eigenvalue weighted by Gasteiger charge is -2.15. The van der Waals surface area contributed by atoms with Crippen molar-refractivity contribution < 1.29 is 18.3 Å². The van der Waals surface area contributed by atoms with Gasteiger partial charge in [-0.2, -0.15) is 5.10 Å². The molecule has 0 atom stereocenters. The number of hydrazone groups is 1. The number of ether oxygens (including phenoxy) is 1. The van der Waals surface area contributed by atoms with E-state index in [4.69, 9.17) is 4.74 Å². The zero-order valence-corrected chi connectivity index (χ0v) is 23.2. The molecule has 0 spiro atoms. The van der Waals surface area contributed by atoms with Crippen molar-refractivity contribution in [3.05, 3.63) is 106 Å². The molecular formula is C29H26N6O5S. The second-order valence-electron chi connectivity index (χ2n) is 9.07. The Balaban J connectivity index is 1.58. The molecule has 0 aliphatic rings. The van der Waals surface area contributed by atoms with Crippen molar-refractivity contribution in [3.8, 4) is 17.3 Å². The molecule has 5 aromatic rings. The molecule has 0 bridgehead atoms. The number of aryl methyl sites for hydroxylation is 2. The van der Waals surface area contributed by atoms with E-state index in [0.717, 1.165) is 16.0 Å². The average molecular weight is 571 g/mol. The van der Waals surface area contributed by atoms with Crippen LogP contribution in [0.5, 0.6) is 11.6 Å². The molecule has 3 aromatic carbocycles. The van der Waals surface area contributed by atoms with Gasteiger partial charge in [-0.3, -0.25) is 9.52 Å². The molecule has 0 radical (unpaired) electrons. The van der Waals surface area contributed by atoms with Gasteiger partial charge in [0.2, 0.25) is 11.8 Å². The number of para-hydroxylation sites is 2. The summed E-state index contributed by atoms with van der Waals surface area (Å²) in [6, 6.07) is 20.9. The zero-order chi connectivity index (χ0) is 29.1. The largest absolute Gasteiger partial charge is 0.495 e. The first-order chi connectivity index (χ1) is 19.7. The predicted octanol–water partition coefficient (Wildman–Crippen LogP) is 4.36. The van der Waals surface area contributed by atoms with Crippen LogP contribution in [0.3, 0.4) is 0 Å². The monoisotopic (exact) mass is 570 g/mol. The van der Waals surface area contributed by atoms with Crippen LogP contribution in [0.2, 0.25) is 0 Å². The number of hydrogen-bond donors (Lipinski definition) is 3.